The van der Waals surface area contributed by atoms with Crippen LogP contribution in [0, 0.1) is 17.8 Å². The highest BCUT2D eigenvalue weighted by atomic mass is 35.5. The lowest BCUT2D eigenvalue weighted by Crippen LogP contribution is -2.42. The molecule has 1 aliphatic heterocycles. The minimum absolute atomic E-state index is 0.170. The monoisotopic (exact) mass is 340 g/mol. The zero-order chi connectivity index (χ0) is 16.3. The van der Waals surface area contributed by atoms with Gasteiger partial charge in [-0.1, -0.05) is 23.3 Å². The van der Waals surface area contributed by atoms with Gasteiger partial charge in [0.1, 0.15) is 17.6 Å². The van der Waals surface area contributed by atoms with E-state index < -0.39 is 0 Å². The number of ketones is 1. The Morgan fingerprint density at radius 1 is 1.04 bits per heavy atom. The second-order valence-corrected chi connectivity index (χ2v) is 8.02. The number of carbonyl (C=O) groups excluding carboxylic acids is 1. The summed E-state index contributed by atoms with van der Waals surface area (Å²) in [6.07, 6.45) is 8.84. The molecular weight excluding hydrogens is 320 g/mol. The first-order chi connectivity index (χ1) is 11.7. The van der Waals surface area contributed by atoms with Gasteiger partial charge in [0.2, 0.25) is 0 Å². The van der Waals surface area contributed by atoms with Gasteiger partial charge in [-0.25, -0.2) is 0 Å². The molecule has 124 valence electrons. The quantitative estimate of drug-likeness (QED) is 0.704. The van der Waals surface area contributed by atoms with Gasteiger partial charge >= 0.3 is 0 Å². The zero-order valence-corrected chi connectivity index (χ0v) is 14.4. The van der Waals surface area contributed by atoms with Crippen molar-refractivity contribution in [3.8, 4) is 0 Å². The molecule has 3 heteroatoms. The van der Waals surface area contributed by atoms with E-state index in [9.17, 15) is 4.79 Å². The molecule has 1 heterocycles. The van der Waals surface area contributed by atoms with Crippen LogP contribution in [0.5, 0.6) is 0 Å². The number of ether oxygens (including phenoxy) is 1. The first-order valence-electron chi connectivity index (χ1n) is 9.12. The predicted octanol–water partition coefficient (Wildman–Crippen LogP) is 5.18. The van der Waals surface area contributed by atoms with Crippen LogP contribution in [0.3, 0.4) is 0 Å². The van der Waals surface area contributed by atoms with Crippen LogP contribution >= 0.6 is 11.6 Å². The number of hydrogen-bond acceptors (Lipinski definition) is 2. The van der Waals surface area contributed by atoms with Crippen LogP contribution in [0.4, 0.5) is 0 Å². The van der Waals surface area contributed by atoms with Gasteiger partial charge in [0.25, 0.3) is 0 Å². The Balaban J connectivity index is 1.65. The molecule has 24 heavy (non-hydrogen) atoms. The normalized spacial score (nSPS) is 34.4. The van der Waals surface area contributed by atoms with Gasteiger partial charge in [-0.3, -0.25) is 4.79 Å². The van der Waals surface area contributed by atoms with Crippen LogP contribution in [0.1, 0.15) is 44.1 Å². The second-order valence-electron chi connectivity index (χ2n) is 7.58. The molecule has 0 aromatic heterocycles. The molecule has 0 radical (unpaired) electrons. The van der Waals surface area contributed by atoms with Crippen LogP contribution in [-0.4, -0.2) is 11.9 Å². The summed E-state index contributed by atoms with van der Waals surface area (Å²) in [5.41, 5.74) is 3.81. The van der Waals surface area contributed by atoms with Gasteiger partial charge in [-0.15, -0.1) is 0 Å². The molecule has 4 aliphatic rings. The Bertz CT molecular complexity index is 759. The molecule has 0 bridgehead atoms. The SMILES string of the molecule is O=C1CCCC2=CC3=C(c4ccc(Cl)cc4)O[C@@H]4CCC[C@H]([C@@H]12)[C@H]34. The highest BCUT2D eigenvalue weighted by Crippen LogP contribution is 2.55. The molecule has 2 saturated carbocycles. The van der Waals surface area contributed by atoms with E-state index in [1.165, 1.54) is 17.6 Å². The van der Waals surface area contributed by atoms with Crippen LogP contribution in [0.15, 0.2) is 41.5 Å². The molecule has 3 aliphatic carbocycles. The lowest BCUT2D eigenvalue weighted by Gasteiger charge is -2.43. The Kier molecular flexibility index (Phi) is 3.38. The van der Waals surface area contributed by atoms with E-state index in [0.717, 1.165) is 48.4 Å². The second kappa shape index (κ2) is 5.49. The molecule has 0 N–H and O–H groups in total. The van der Waals surface area contributed by atoms with Crippen LogP contribution in [0.2, 0.25) is 5.02 Å². The fourth-order valence-electron chi connectivity index (χ4n) is 5.36. The number of rotatable bonds is 1. The van der Waals surface area contributed by atoms with Gasteiger partial charge in [0.15, 0.2) is 0 Å². The van der Waals surface area contributed by atoms with Crippen molar-refractivity contribution >= 4 is 23.1 Å². The fraction of sp³-hybridized carbons (Fsp3) is 0.476. The lowest BCUT2D eigenvalue weighted by molar-refractivity contribution is -0.126. The van der Waals surface area contributed by atoms with Crippen LogP contribution in [-0.2, 0) is 9.53 Å². The van der Waals surface area contributed by atoms with Gasteiger partial charge in [0.05, 0.1) is 0 Å². The Morgan fingerprint density at radius 3 is 2.71 bits per heavy atom. The summed E-state index contributed by atoms with van der Waals surface area (Å²) in [6, 6.07) is 7.95. The van der Waals surface area contributed by atoms with Gasteiger partial charge in [-0.05, 0) is 62.3 Å². The van der Waals surface area contributed by atoms with Crippen molar-refractivity contribution in [2.24, 2.45) is 17.8 Å². The van der Waals surface area contributed by atoms with E-state index in [1.54, 1.807) is 0 Å². The summed E-state index contributed by atoms with van der Waals surface area (Å²) in [7, 11) is 0. The van der Waals surface area contributed by atoms with Crippen LogP contribution in [0.25, 0.3) is 5.76 Å². The molecule has 2 nitrogen and oxygen atoms in total. The third-order valence-corrected chi connectivity index (χ3v) is 6.54. The Morgan fingerprint density at radius 2 is 1.88 bits per heavy atom. The summed E-state index contributed by atoms with van der Waals surface area (Å²) in [6.45, 7) is 0. The molecule has 0 amide bonds. The Hall–Kier alpha value is -1.54. The summed E-state index contributed by atoms with van der Waals surface area (Å²) < 4.78 is 6.43. The molecule has 5 rings (SSSR count). The number of hydrogen-bond donors (Lipinski definition) is 0. The first-order valence-corrected chi connectivity index (χ1v) is 9.50. The van der Waals surface area contributed by atoms with E-state index in [1.807, 2.05) is 24.3 Å². The highest BCUT2D eigenvalue weighted by molar-refractivity contribution is 6.30. The molecule has 1 aromatic carbocycles. The van der Waals surface area contributed by atoms with Gasteiger partial charge in [0, 0.05) is 34.4 Å². The smallest absolute Gasteiger partial charge is 0.140 e. The topological polar surface area (TPSA) is 26.3 Å². The molecule has 4 atom stereocenters. The van der Waals surface area contributed by atoms with Gasteiger partial charge < -0.3 is 4.74 Å². The van der Waals surface area contributed by atoms with E-state index in [4.69, 9.17) is 16.3 Å². The summed E-state index contributed by atoms with van der Waals surface area (Å²) in [4.78, 5) is 12.6. The highest BCUT2D eigenvalue weighted by Gasteiger charge is 2.51. The third-order valence-electron chi connectivity index (χ3n) is 6.29. The average molecular weight is 341 g/mol. The number of halogens is 1. The lowest BCUT2D eigenvalue weighted by atomic mass is 9.59. The van der Waals surface area contributed by atoms with Crippen molar-refractivity contribution in [1.29, 1.82) is 0 Å². The minimum atomic E-state index is 0.170. The largest absolute Gasteiger partial charge is 0.489 e. The number of benzene rings is 1. The predicted molar refractivity (Wildman–Crippen MR) is 94.5 cm³/mol. The minimum Gasteiger partial charge on any atom is -0.489 e. The van der Waals surface area contributed by atoms with E-state index in [2.05, 4.69) is 6.08 Å². The van der Waals surface area contributed by atoms with E-state index in [0.29, 0.717) is 17.6 Å². The molecule has 1 aromatic rings. The van der Waals surface area contributed by atoms with Gasteiger partial charge in [-0.2, -0.15) is 0 Å². The number of fused-ring (bicyclic) bond motifs is 2. The Labute approximate surface area is 147 Å². The number of carbonyl (C=O) groups is 1. The fourth-order valence-corrected chi connectivity index (χ4v) is 5.48. The van der Waals surface area contributed by atoms with E-state index in [-0.39, 0.29) is 12.0 Å². The van der Waals surface area contributed by atoms with Crippen molar-refractivity contribution in [2.75, 3.05) is 0 Å². The van der Waals surface area contributed by atoms with Crippen molar-refractivity contribution in [1.82, 2.24) is 0 Å². The molecular formula is C21H21ClO2. The van der Waals surface area contributed by atoms with Crippen LogP contribution < -0.4 is 0 Å². The maximum atomic E-state index is 12.6. The molecule has 0 unspecified atom stereocenters. The summed E-state index contributed by atoms with van der Waals surface area (Å²) in [5, 5.41) is 0.748. The number of allylic oxidation sites excluding steroid dienone is 2. The summed E-state index contributed by atoms with van der Waals surface area (Å²) in [5.74, 6) is 2.52. The maximum absolute atomic E-state index is 12.6. The first kappa shape index (κ1) is 14.8. The molecule has 0 spiro atoms. The average Bonchev–Trinajstić information content (AvgIpc) is 2.96. The third kappa shape index (κ3) is 2.12. The van der Waals surface area contributed by atoms with Crippen molar-refractivity contribution in [2.45, 2.75) is 44.6 Å². The standard InChI is InChI=1S/C21H21ClO2/c22-14-9-7-12(8-10-14)21-16-11-13-3-1-5-17(23)19(13)15-4-2-6-18(24-21)20(15)16/h7-11,15,18-20H,1-6H2/t15-,18-,19+,20-/m1/s1. The number of Topliss-reactive ketones (excluding diaryl/α,β-unsaturated/α-hetero) is 1. The zero-order valence-electron chi connectivity index (χ0n) is 13.6. The van der Waals surface area contributed by atoms with E-state index >= 15 is 0 Å². The molecule has 2 fully saturated rings. The maximum Gasteiger partial charge on any atom is 0.140 e. The van der Waals surface area contributed by atoms with Crippen molar-refractivity contribution in [3.05, 3.63) is 52.1 Å². The van der Waals surface area contributed by atoms with Crippen molar-refractivity contribution in [3.63, 3.8) is 0 Å². The summed E-state index contributed by atoms with van der Waals surface area (Å²) >= 11 is 6.05. The van der Waals surface area contributed by atoms with Crippen molar-refractivity contribution < 1.29 is 9.53 Å². The molecule has 0 saturated heterocycles.